The van der Waals surface area contributed by atoms with Crippen molar-refractivity contribution in [2.24, 2.45) is 5.73 Å². The number of para-hydroxylation sites is 1. The van der Waals surface area contributed by atoms with Crippen molar-refractivity contribution in [1.82, 2.24) is 0 Å². The van der Waals surface area contributed by atoms with Crippen LogP contribution in [0.5, 0.6) is 0 Å². The number of nitrogens with two attached hydrogens (primary N) is 1. The van der Waals surface area contributed by atoms with E-state index < -0.39 is 10.8 Å². The van der Waals surface area contributed by atoms with Gasteiger partial charge in [0.2, 0.25) is 0 Å². The molecule has 18 heavy (non-hydrogen) atoms. The summed E-state index contributed by atoms with van der Waals surface area (Å²) in [6.45, 7) is 2.14. The van der Waals surface area contributed by atoms with Crippen molar-refractivity contribution in [3.63, 3.8) is 0 Å². The number of nitrogens with zero attached hydrogens (tertiary/aromatic N) is 2. The summed E-state index contributed by atoms with van der Waals surface area (Å²) in [6, 6.07) is 4.58. The standard InChI is InChI=1S/C11H13N3O4/c12-11(15)8-2-1-3-9(10(8)14(16)17)13-4-6-18-7-5-13/h1-3H,4-7H2,(H2,12,15). The molecule has 0 saturated carbocycles. The Hall–Kier alpha value is -2.15. The topological polar surface area (TPSA) is 98.7 Å². The Morgan fingerprint density at radius 2 is 2.06 bits per heavy atom. The molecule has 1 aromatic carbocycles. The lowest BCUT2D eigenvalue weighted by Gasteiger charge is -2.28. The van der Waals surface area contributed by atoms with E-state index >= 15 is 0 Å². The van der Waals surface area contributed by atoms with Gasteiger partial charge in [-0.1, -0.05) is 6.07 Å². The van der Waals surface area contributed by atoms with Gasteiger partial charge in [-0.3, -0.25) is 14.9 Å². The maximum absolute atomic E-state index is 11.2. The summed E-state index contributed by atoms with van der Waals surface area (Å²) in [4.78, 5) is 23.6. The van der Waals surface area contributed by atoms with E-state index in [1.54, 1.807) is 12.1 Å². The van der Waals surface area contributed by atoms with Crippen LogP contribution in [0.15, 0.2) is 18.2 Å². The van der Waals surface area contributed by atoms with Gasteiger partial charge in [0.25, 0.3) is 5.91 Å². The minimum atomic E-state index is -0.795. The van der Waals surface area contributed by atoms with Crippen molar-refractivity contribution in [3.8, 4) is 0 Å². The molecule has 0 aliphatic carbocycles. The van der Waals surface area contributed by atoms with Gasteiger partial charge in [0, 0.05) is 13.1 Å². The number of hydrogen-bond acceptors (Lipinski definition) is 5. The molecule has 1 saturated heterocycles. The Bertz CT molecular complexity index is 483. The molecule has 1 fully saturated rings. The quantitative estimate of drug-likeness (QED) is 0.624. The molecule has 0 bridgehead atoms. The first-order valence-electron chi connectivity index (χ1n) is 5.51. The van der Waals surface area contributed by atoms with E-state index in [0.29, 0.717) is 32.0 Å². The zero-order valence-corrected chi connectivity index (χ0v) is 9.67. The first-order valence-corrected chi connectivity index (χ1v) is 5.51. The number of morpholine rings is 1. The predicted octanol–water partition coefficient (Wildman–Crippen LogP) is 0.530. The Balaban J connectivity index is 2.48. The maximum atomic E-state index is 11.2. The Labute approximate surface area is 103 Å². The molecule has 1 heterocycles. The van der Waals surface area contributed by atoms with E-state index in [2.05, 4.69) is 0 Å². The minimum absolute atomic E-state index is 0.0657. The molecule has 2 rings (SSSR count). The summed E-state index contributed by atoms with van der Waals surface area (Å²) in [5, 5.41) is 11.1. The lowest BCUT2D eigenvalue weighted by atomic mass is 10.1. The van der Waals surface area contributed by atoms with Crippen LogP contribution in [0, 0.1) is 10.1 Å². The van der Waals surface area contributed by atoms with Crippen LogP contribution in [-0.2, 0) is 4.74 Å². The van der Waals surface area contributed by atoms with E-state index in [4.69, 9.17) is 10.5 Å². The molecule has 2 N–H and O–H groups in total. The zero-order chi connectivity index (χ0) is 13.1. The second kappa shape index (κ2) is 5.01. The number of nitro benzene ring substituents is 1. The lowest BCUT2D eigenvalue weighted by molar-refractivity contribution is -0.384. The van der Waals surface area contributed by atoms with Gasteiger partial charge in [0.1, 0.15) is 11.3 Å². The summed E-state index contributed by atoms with van der Waals surface area (Å²) >= 11 is 0. The number of anilines is 1. The summed E-state index contributed by atoms with van der Waals surface area (Å²) in [6.07, 6.45) is 0. The molecule has 0 spiro atoms. The lowest BCUT2D eigenvalue weighted by Crippen LogP contribution is -2.36. The first kappa shape index (κ1) is 12.3. The predicted molar refractivity (Wildman–Crippen MR) is 64.6 cm³/mol. The second-order valence-electron chi connectivity index (χ2n) is 3.89. The summed E-state index contributed by atoms with van der Waals surface area (Å²) in [7, 11) is 0. The van der Waals surface area contributed by atoms with Crippen molar-refractivity contribution in [3.05, 3.63) is 33.9 Å². The third-order valence-corrected chi connectivity index (χ3v) is 2.81. The van der Waals surface area contributed by atoms with Crippen molar-refractivity contribution in [1.29, 1.82) is 0 Å². The van der Waals surface area contributed by atoms with Crippen molar-refractivity contribution in [2.45, 2.75) is 0 Å². The molecule has 96 valence electrons. The second-order valence-corrected chi connectivity index (χ2v) is 3.89. The first-order chi connectivity index (χ1) is 8.61. The number of benzene rings is 1. The van der Waals surface area contributed by atoms with Crippen LogP contribution in [0.25, 0.3) is 0 Å². The van der Waals surface area contributed by atoms with Crippen LogP contribution in [0.3, 0.4) is 0 Å². The largest absolute Gasteiger partial charge is 0.378 e. The molecule has 0 atom stereocenters. The van der Waals surface area contributed by atoms with Crippen LogP contribution in [0.2, 0.25) is 0 Å². The molecule has 0 aromatic heterocycles. The highest BCUT2D eigenvalue weighted by Crippen LogP contribution is 2.31. The summed E-state index contributed by atoms with van der Waals surface area (Å²) < 4.78 is 5.20. The van der Waals surface area contributed by atoms with Crippen molar-refractivity contribution in [2.75, 3.05) is 31.2 Å². The Kier molecular flexibility index (Phi) is 3.42. The fourth-order valence-electron chi connectivity index (χ4n) is 1.98. The SMILES string of the molecule is NC(=O)c1cccc(N2CCOCC2)c1[N+](=O)[O-]. The van der Waals surface area contributed by atoms with Gasteiger partial charge in [-0.15, -0.1) is 0 Å². The van der Waals surface area contributed by atoms with Crippen LogP contribution < -0.4 is 10.6 Å². The molecule has 0 unspecified atom stereocenters. The molecular formula is C11H13N3O4. The third kappa shape index (κ3) is 2.25. The van der Waals surface area contributed by atoms with Gasteiger partial charge < -0.3 is 15.4 Å². The average molecular weight is 251 g/mol. The molecule has 7 heteroatoms. The van der Waals surface area contributed by atoms with Crippen molar-refractivity contribution < 1.29 is 14.5 Å². The van der Waals surface area contributed by atoms with E-state index in [-0.39, 0.29) is 11.3 Å². The number of carbonyl (C=O) groups excluding carboxylic acids is 1. The zero-order valence-electron chi connectivity index (χ0n) is 9.67. The fourth-order valence-corrected chi connectivity index (χ4v) is 1.98. The smallest absolute Gasteiger partial charge is 0.305 e. The number of carbonyl (C=O) groups is 1. The third-order valence-electron chi connectivity index (χ3n) is 2.81. The molecule has 1 aliphatic heterocycles. The molecule has 1 aliphatic rings. The molecule has 7 nitrogen and oxygen atoms in total. The minimum Gasteiger partial charge on any atom is -0.378 e. The molecule has 1 amide bonds. The van der Waals surface area contributed by atoms with E-state index in [0.717, 1.165) is 0 Å². The normalized spacial score (nSPS) is 15.4. The number of ether oxygens (including phenoxy) is 1. The van der Waals surface area contributed by atoms with Gasteiger partial charge in [0.05, 0.1) is 18.1 Å². The Morgan fingerprint density at radius 3 is 2.61 bits per heavy atom. The van der Waals surface area contributed by atoms with Crippen LogP contribution in [0.1, 0.15) is 10.4 Å². The van der Waals surface area contributed by atoms with Gasteiger partial charge in [-0.2, -0.15) is 0 Å². The highest BCUT2D eigenvalue weighted by molar-refractivity contribution is 5.99. The highest BCUT2D eigenvalue weighted by atomic mass is 16.6. The summed E-state index contributed by atoms with van der Waals surface area (Å²) in [5.41, 5.74) is 5.29. The maximum Gasteiger partial charge on any atom is 0.305 e. The number of amides is 1. The van der Waals surface area contributed by atoms with Gasteiger partial charge in [-0.25, -0.2) is 0 Å². The van der Waals surface area contributed by atoms with Crippen LogP contribution in [-0.4, -0.2) is 37.1 Å². The molecular weight excluding hydrogens is 238 g/mol. The Morgan fingerprint density at radius 1 is 1.39 bits per heavy atom. The van der Waals surface area contributed by atoms with E-state index in [1.165, 1.54) is 6.07 Å². The van der Waals surface area contributed by atoms with Crippen LogP contribution in [0.4, 0.5) is 11.4 Å². The molecule has 0 radical (unpaired) electrons. The monoisotopic (exact) mass is 251 g/mol. The molecule has 1 aromatic rings. The average Bonchev–Trinajstić information content (AvgIpc) is 2.38. The fraction of sp³-hybridized carbons (Fsp3) is 0.364. The van der Waals surface area contributed by atoms with Crippen LogP contribution >= 0.6 is 0 Å². The number of nitro groups is 1. The van der Waals surface area contributed by atoms with E-state index in [1.807, 2.05) is 4.90 Å². The highest BCUT2D eigenvalue weighted by Gasteiger charge is 2.27. The summed E-state index contributed by atoms with van der Waals surface area (Å²) in [5.74, 6) is -0.795. The van der Waals surface area contributed by atoms with Gasteiger partial charge >= 0.3 is 5.69 Å². The van der Waals surface area contributed by atoms with E-state index in [9.17, 15) is 14.9 Å². The van der Waals surface area contributed by atoms with Crippen molar-refractivity contribution >= 4 is 17.3 Å². The number of primary amides is 1. The van der Waals surface area contributed by atoms with Gasteiger partial charge in [0.15, 0.2) is 0 Å². The number of rotatable bonds is 3. The number of hydrogen-bond donors (Lipinski definition) is 1. The van der Waals surface area contributed by atoms with Gasteiger partial charge in [-0.05, 0) is 12.1 Å².